The van der Waals surface area contributed by atoms with Gasteiger partial charge in [-0.3, -0.25) is 14.7 Å². The Hall–Kier alpha value is -1.76. The Morgan fingerprint density at radius 1 is 1.53 bits per heavy atom. The first kappa shape index (κ1) is 15.3. The highest BCUT2D eigenvalue weighted by atomic mass is 16.6. The first-order chi connectivity index (χ1) is 8.69. The molecule has 0 aromatic carbocycles. The van der Waals surface area contributed by atoms with Crippen LogP contribution in [0.2, 0.25) is 0 Å². The van der Waals surface area contributed by atoms with E-state index in [1.165, 1.54) is 10.8 Å². The average molecular weight is 268 g/mol. The molecule has 0 aliphatic heterocycles. The maximum atomic E-state index is 11.5. The molecule has 1 atom stereocenters. The van der Waals surface area contributed by atoms with E-state index in [9.17, 15) is 14.9 Å². The molecule has 7 heteroatoms. The molecule has 1 rings (SSSR count). The maximum absolute atomic E-state index is 11.5. The lowest BCUT2D eigenvalue weighted by Gasteiger charge is -2.23. The van der Waals surface area contributed by atoms with E-state index >= 15 is 0 Å². The number of rotatable bonds is 5. The van der Waals surface area contributed by atoms with Crippen molar-refractivity contribution in [2.75, 3.05) is 6.54 Å². The largest absolute Gasteiger partial charge is 0.347 e. The maximum Gasteiger partial charge on any atom is 0.347 e. The van der Waals surface area contributed by atoms with Crippen LogP contribution in [0.1, 0.15) is 27.7 Å². The van der Waals surface area contributed by atoms with Crippen molar-refractivity contribution in [3.05, 3.63) is 33.0 Å². The number of nitrogens with one attached hydrogen (secondary N) is 1. The van der Waals surface area contributed by atoms with E-state index in [4.69, 9.17) is 0 Å². The van der Waals surface area contributed by atoms with Crippen molar-refractivity contribution in [2.45, 2.75) is 39.8 Å². The molecule has 7 nitrogen and oxygen atoms in total. The molecule has 0 saturated heterocycles. The highest BCUT2D eigenvalue weighted by Crippen LogP contribution is 2.07. The van der Waals surface area contributed by atoms with Crippen molar-refractivity contribution >= 4 is 5.69 Å². The van der Waals surface area contributed by atoms with Gasteiger partial charge in [-0.2, -0.15) is 4.98 Å². The van der Waals surface area contributed by atoms with Crippen molar-refractivity contribution in [1.29, 1.82) is 0 Å². The van der Waals surface area contributed by atoms with Crippen LogP contribution in [0.15, 0.2) is 17.2 Å². The molecule has 19 heavy (non-hydrogen) atoms. The normalized spacial score (nSPS) is 13.3. The first-order valence-electron chi connectivity index (χ1n) is 6.15. The van der Waals surface area contributed by atoms with Crippen LogP contribution >= 0.6 is 0 Å². The number of hydrogen-bond donors (Lipinski definition) is 1. The summed E-state index contributed by atoms with van der Waals surface area (Å²) in [5, 5.41) is 14.0. The molecule has 0 spiro atoms. The molecular weight excluding hydrogens is 248 g/mol. The topological polar surface area (TPSA) is 90.1 Å². The molecule has 0 aliphatic rings. The zero-order valence-electron chi connectivity index (χ0n) is 11.7. The minimum atomic E-state index is -0.555. The van der Waals surface area contributed by atoms with Gasteiger partial charge in [0.1, 0.15) is 6.20 Å². The predicted octanol–water partition coefficient (Wildman–Crippen LogP) is 1.18. The average Bonchev–Trinajstić information content (AvgIpc) is 2.28. The van der Waals surface area contributed by atoms with Crippen LogP contribution in [0, 0.1) is 16.0 Å². The van der Waals surface area contributed by atoms with Gasteiger partial charge >= 0.3 is 11.4 Å². The summed E-state index contributed by atoms with van der Waals surface area (Å²) in [6.45, 7) is 9.27. The summed E-state index contributed by atoms with van der Waals surface area (Å²) in [6.07, 6.45) is 2.22. The zero-order valence-corrected chi connectivity index (χ0v) is 11.7. The molecule has 0 saturated carbocycles. The van der Waals surface area contributed by atoms with Gasteiger partial charge in [-0.1, -0.05) is 6.92 Å². The van der Waals surface area contributed by atoms with Crippen molar-refractivity contribution in [3.8, 4) is 0 Å². The van der Waals surface area contributed by atoms with E-state index in [1.54, 1.807) is 0 Å². The van der Waals surface area contributed by atoms with Crippen molar-refractivity contribution in [2.24, 2.45) is 5.92 Å². The van der Waals surface area contributed by atoms with Gasteiger partial charge in [0.05, 0.1) is 11.1 Å². The van der Waals surface area contributed by atoms with E-state index in [2.05, 4.69) is 31.1 Å². The first-order valence-corrected chi connectivity index (χ1v) is 6.15. The SMILES string of the molecule is CC(CNC(C)(C)C)Cn1cc([N+](=O)[O-])cnc1=O. The van der Waals surface area contributed by atoms with Crippen molar-refractivity contribution in [1.82, 2.24) is 14.9 Å². The number of hydrogen-bond acceptors (Lipinski definition) is 5. The summed E-state index contributed by atoms with van der Waals surface area (Å²) in [5.74, 6) is 0.167. The highest BCUT2D eigenvalue weighted by Gasteiger charge is 2.14. The number of nitro groups is 1. The van der Waals surface area contributed by atoms with Crippen LogP contribution in [0.4, 0.5) is 5.69 Å². The van der Waals surface area contributed by atoms with E-state index in [0.717, 1.165) is 12.7 Å². The van der Waals surface area contributed by atoms with Gasteiger partial charge in [-0.15, -0.1) is 0 Å². The molecule has 0 bridgehead atoms. The van der Waals surface area contributed by atoms with Gasteiger partial charge in [0.2, 0.25) is 0 Å². The van der Waals surface area contributed by atoms with Crippen LogP contribution in [-0.2, 0) is 6.54 Å². The Labute approximate surface area is 111 Å². The Morgan fingerprint density at radius 2 is 2.16 bits per heavy atom. The van der Waals surface area contributed by atoms with E-state index < -0.39 is 10.6 Å². The highest BCUT2D eigenvalue weighted by molar-refractivity contribution is 5.20. The molecule has 1 unspecified atom stereocenters. The lowest BCUT2D eigenvalue weighted by molar-refractivity contribution is -0.385. The van der Waals surface area contributed by atoms with Gasteiger partial charge in [-0.25, -0.2) is 4.79 Å². The Balaban J connectivity index is 2.73. The third kappa shape index (κ3) is 5.17. The molecule has 0 aliphatic carbocycles. The van der Waals surface area contributed by atoms with Crippen LogP contribution in [-0.4, -0.2) is 26.6 Å². The standard InChI is InChI=1S/C12H20N4O3/c1-9(5-14-12(2,3)4)7-15-8-10(16(18)19)6-13-11(15)17/h6,8-9,14H,5,7H2,1-4H3. The van der Waals surface area contributed by atoms with Crippen molar-refractivity contribution in [3.63, 3.8) is 0 Å². The summed E-state index contributed by atoms with van der Waals surface area (Å²) < 4.78 is 1.28. The fourth-order valence-corrected chi connectivity index (χ4v) is 1.55. The fourth-order valence-electron chi connectivity index (χ4n) is 1.55. The van der Waals surface area contributed by atoms with Crippen molar-refractivity contribution < 1.29 is 4.92 Å². The molecule has 106 valence electrons. The van der Waals surface area contributed by atoms with Crippen LogP contribution < -0.4 is 11.0 Å². The van der Waals surface area contributed by atoms with E-state index in [0.29, 0.717) is 6.54 Å². The quantitative estimate of drug-likeness (QED) is 0.639. The van der Waals surface area contributed by atoms with Gasteiger partial charge in [0, 0.05) is 12.1 Å². The van der Waals surface area contributed by atoms with E-state index in [1.807, 2.05) is 6.92 Å². The Kier molecular flexibility index (Phi) is 4.77. The minimum absolute atomic E-state index is 0.000155. The second-order valence-electron chi connectivity index (χ2n) is 5.74. The van der Waals surface area contributed by atoms with Gasteiger partial charge in [0.25, 0.3) is 0 Å². The summed E-state index contributed by atoms with van der Waals surface area (Å²) in [7, 11) is 0. The molecule has 0 amide bonds. The lowest BCUT2D eigenvalue weighted by Crippen LogP contribution is -2.40. The smallest absolute Gasteiger partial charge is 0.312 e. The van der Waals surface area contributed by atoms with Crippen LogP contribution in [0.5, 0.6) is 0 Å². The third-order valence-electron chi connectivity index (χ3n) is 2.54. The molecule has 0 fully saturated rings. The van der Waals surface area contributed by atoms with E-state index in [-0.39, 0.29) is 17.1 Å². The molecule has 1 N–H and O–H groups in total. The van der Waals surface area contributed by atoms with Gasteiger partial charge < -0.3 is 5.32 Å². The fraction of sp³-hybridized carbons (Fsp3) is 0.667. The minimum Gasteiger partial charge on any atom is -0.312 e. The molecule has 1 aromatic rings. The third-order valence-corrected chi connectivity index (χ3v) is 2.54. The summed E-state index contributed by atoms with van der Waals surface area (Å²) in [6, 6.07) is 0. The zero-order chi connectivity index (χ0) is 14.6. The number of aromatic nitrogens is 2. The predicted molar refractivity (Wildman–Crippen MR) is 72.1 cm³/mol. The molecular formula is C12H20N4O3. The van der Waals surface area contributed by atoms with Gasteiger partial charge in [0.15, 0.2) is 0 Å². The lowest BCUT2D eigenvalue weighted by atomic mass is 10.1. The molecule has 0 radical (unpaired) electrons. The van der Waals surface area contributed by atoms with Crippen LogP contribution in [0.25, 0.3) is 0 Å². The van der Waals surface area contributed by atoms with Gasteiger partial charge in [-0.05, 0) is 33.2 Å². The number of nitrogens with zero attached hydrogens (tertiary/aromatic N) is 3. The van der Waals surface area contributed by atoms with Crippen LogP contribution in [0.3, 0.4) is 0 Å². The Bertz CT molecular complexity index is 504. The second-order valence-corrected chi connectivity index (χ2v) is 5.74. The summed E-state index contributed by atoms with van der Waals surface area (Å²) in [4.78, 5) is 25.1. The summed E-state index contributed by atoms with van der Waals surface area (Å²) in [5.41, 5.74) is -0.635. The molecule has 1 heterocycles. The molecule has 1 aromatic heterocycles. The Morgan fingerprint density at radius 3 is 2.68 bits per heavy atom. The monoisotopic (exact) mass is 268 g/mol. The second kappa shape index (κ2) is 5.92. The summed E-state index contributed by atoms with van der Waals surface area (Å²) >= 11 is 0.